The van der Waals surface area contributed by atoms with E-state index in [1.807, 2.05) is 0 Å². The van der Waals surface area contributed by atoms with Crippen LogP contribution in [0.3, 0.4) is 0 Å². The van der Waals surface area contributed by atoms with Gasteiger partial charge in [-0.1, -0.05) is 6.07 Å². The molecule has 0 saturated carbocycles. The van der Waals surface area contributed by atoms with Crippen molar-refractivity contribution in [2.75, 3.05) is 5.32 Å². The molecule has 3 nitrogen and oxygen atoms in total. The molecule has 20 heavy (non-hydrogen) atoms. The molecule has 0 aliphatic rings. The second-order valence-corrected chi connectivity index (χ2v) is 4.75. The van der Waals surface area contributed by atoms with E-state index in [1.165, 1.54) is 12.1 Å². The van der Waals surface area contributed by atoms with Crippen LogP contribution in [-0.4, -0.2) is 5.91 Å². The number of alkyl halides is 3. The number of rotatable bonds is 2. The number of hydrogen-bond acceptors (Lipinski definition) is 3. The average molecular weight is 296 g/mol. The van der Waals surface area contributed by atoms with Gasteiger partial charge in [0.2, 0.25) is 0 Å². The zero-order valence-corrected chi connectivity index (χ0v) is 10.7. The van der Waals surface area contributed by atoms with Crippen molar-refractivity contribution >= 4 is 22.9 Å². The maximum Gasteiger partial charge on any atom is 0.418 e. The molecule has 1 N–H and O–H groups in total. The van der Waals surface area contributed by atoms with Gasteiger partial charge in [-0.25, -0.2) is 0 Å². The summed E-state index contributed by atoms with van der Waals surface area (Å²) < 4.78 is 38.7. The van der Waals surface area contributed by atoms with Gasteiger partial charge in [0.25, 0.3) is 5.91 Å². The Morgan fingerprint density at radius 3 is 2.60 bits per heavy atom. The molecule has 1 heterocycles. The number of nitriles is 1. The van der Waals surface area contributed by atoms with Crippen molar-refractivity contribution in [3.05, 3.63) is 51.7 Å². The van der Waals surface area contributed by atoms with Crippen molar-refractivity contribution in [1.29, 1.82) is 5.26 Å². The van der Waals surface area contributed by atoms with Crippen molar-refractivity contribution in [3.8, 4) is 6.07 Å². The first-order chi connectivity index (χ1) is 9.41. The lowest BCUT2D eigenvalue weighted by molar-refractivity contribution is -0.136. The van der Waals surface area contributed by atoms with Gasteiger partial charge in [-0.3, -0.25) is 4.79 Å². The van der Waals surface area contributed by atoms with E-state index >= 15 is 0 Å². The third-order valence-corrected chi connectivity index (χ3v) is 3.32. The Balaban J connectivity index is 2.37. The van der Waals surface area contributed by atoms with Gasteiger partial charge in [-0.15, -0.1) is 11.3 Å². The largest absolute Gasteiger partial charge is 0.418 e. The number of carbonyl (C=O) groups is 1. The minimum atomic E-state index is -4.65. The van der Waals surface area contributed by atoms with Crippen LogP contribution >= 0.6 is 11.3 Å². The molecule has 0 atom stereocenters. The van der Waals surface area contributed by atoms with Crippen LogP contribution in [0.4, 0.5) is 18.9 Å². The molecule has 1 aromatic carbocycles. The first-order valence-corrected chi connectivity index (χ1v) is 6.26. The Morgan fingerprint density at radius 2 is 2.05 bits per heavy atom. The molecule has 0 unspecified atom stereocenters. The molecule has 1 amide bonds. The quantitative estimate of drug-likeness (QED) is 0.914. The van der Waals surface area contributed by atoms with Crippen LogP contribution < -0.4 is 5.32 Å². The monoisotopic (exact) mass is 296 g/mol. The summed E-state index contributed by atoms with van der Waals surface area (Å²) in [5, 5.41) is 12.5. The minimum Gasteiger partial charge on any atom is -0.321 e. The Hall–Kier alpha value is -2.33. The van der Waals surface area contributed by atoms with Gasteiger partial charge in [0.05, 0.1) is 27.8 Å². The zero-order valence-electron chi connectivity index (χ0n) is 9.86. The van der Waals surface area contributed by atoms with Gasteiger partial charge in [0.15, 0.2) is 0 Å². The maximum absolute atomic E-state index is 12.9. The van der Waals surface area contributed by atoms with Gasteiger partial charge in [0, 0.05) is 0 Å². The molecule has 2 aromatic rings. The second-order valence-electron chi connectivity index (χ2n) is 3.80. The number of thiophene rings is 1. The Bertz CT molecular complexity index is 672. The smallest absolute Gasteiger partial charge is 0.321 e. The molecule has 2 rings (SSSR count). The summed E-state index contributed by atoms with van der Waals surface area (Å²) >= 11 is 1.13. The van der Waals surface area contributed by atoms with Crippen molar-refractivity contribution < 1.29 is 18.0 Å². The number of carbonyl (C=O) groups excluding carboxylic acids is 1. The third-order valence-electron chi connectivity index (χ3n) is 2.45. The molecule has 102 valence electrons. The first-order valence-electron chi connectivity index (χ1n) is 5.38. The fourth-order valence-electron chi connectivity index (χ4n) is 1.55. The maximum atomic E-state index is 12.9. The number of anilines is 1. The van der Waals surface area contributed by atoms with Crippen LogP contribution in [-0.2, 0) is 6.18 Å². The van der Waals surface area contributed by atoms with E-state index < -0.39 is 17.6 Å². The van der Waals surface area contributed by atoms with Gasteiger partial charge >= 0.3 is 6.18 Å². The standard InChI is InChI=1S/C13H7F3N2OS/c14-13(15,16)9-6-8(7-17)3-4-10(9)18-12(19)11-2-1-5-20-11/h1-6H,(H,18,19). The average Bonchev–Trinajstić information content (AvgIpc) is 2.91. The molecule has 0 aliphatic heterocycles. The summed E-state index contributed by atoms with van der Waals surface area (Å²) in [6, 6.07) is 7.79. The lowest BCUT2D eigenvalue weighted by atomic mass is 10.1. The molecule has 1 aromatic heterocycles. The summed E-state index contributed by atoms with van der Waals surface area (Å²) in [5.41, 5.74) is -1.53. The van der Waals surface area contributed by atoms with Gasteiger partial charge in [-0.2, -0.15) is 18.4 Å². The fourth-order valence-corrected chi connectivity index (χ4v) is 2.17. The highest BCUT2D eigenvalue weighted by Gasteiger charge is 2.34. The lowest BCUT2D eigenvalue weighted by Gasteiger charge is -2.13. The highest BCUT2D eigenvalue weighted by molar-refractivity contribution is 7.12. The van der Waals surface area contributed by atoms with E-state index in [-0.39, 0.29) is 11.3 Å². The van der Waals surface area contributed by atoms with E-state index in [1.54, 1.807) is 17.5 Å². The molecule has 7 heteroatoms. The summed E-state index contributed by atoms with van der Waals surface area (Å²) in [7, 11) is 0. The number of nitrogens with zero attached hydrogens (tertiary/aromatic N) is 1. The van der Waals surface area contributed by atoms with E-state index in [0.717, 1.165) is 17.4 Å². The van der Waals surface area contributed by atoms with Crippen LogP contribution in [0.25, 0.3) is 0 Å². The van der Waals surface area contributed by atoms with Crippen LogP contribution in [0.1, 0.15) is 20.8 Å². The second kappa shape index (κ2) is 5.35. The van der Waals surface area contributed by atoms with Crippen molar-refractivity contribution in [3.63, 3.8) is 0 Å². The number of halogens is 3. The van der Waals surface area contributed by atoms with E-state index in [9.17, 15) is 18.0 Å². The molecule has 0 fully saturated rings. The third kappa shape index (κ3) is 2.97. The summed E-state index contributed by atoms with van der Waals surface area (Å²) in [5.74, 6) is -0.616. The Labute approximate surface area is 116 Å². The molecule has 0 spiro atoms. The molecule has 0 bridgehead atoms. The van der Waals surface area contributed by atoms with E-state index in [4.69, 9.17) is 5.26 Å². The molecule has 0 saturated heterocycles. The predicted molar refractivity (Wildman–Crippen MR) is 68.4 cm³/mol. The molecular formula is C13H7F3N2OS. The predicted octanol–water partition coefficient (Wildman–Crippen LogP) is 3.89. The van der Waals surface area contributed by atoms with Crippen molar-refractivity contribution in [2.24, 2.45) is 0 Å². The summed E-state index contributed by atoms with van der Waals surface area (Å²) in [6.45, 7) is 0. The Morgan fingerprint density at radius 1 is 1.30 bits per heavy atom. The zero-order chi connectivity index (χ0) is 14.8. The van der Waals surface area contributed by atoms with Crippen LogP contribution in [0.5, 0.6) is 0 Å². The normalized spacial score (nSPS) is 10.9. The summed E-state index contributed by atoms with van der Waals surface area (Å²) in [6.07, 6.45) is -4.65. The lowest BCUT2D eigenvalue weighted by Crippen LogP contribution is -2.16. The minimum absolute atomic E-state index is 0.119. The number of amides is 1. The Kier molecular flexibility index (Phi) is 3.77. The van der Waals surface area contributed by atoms with Gasteiger partial charge in [-0.05, 0) is 29.6 Å². The molecule has 0 radical (unpaired) electrons. The van der Waals surface area contributed by atoms with Crippen LogP contribution in [0.15, 0.2) is 35.7 Å². The van der Waals surface area contributed by atoms with Gasteiger partial charge < -0.3 is 5.32 Å². The SMILES string of the molecule is N#Cc1ccc(NC(=O)c2cccs2)c(C(F)(F)F)c1. The van der Waals surface area contributed by atoms with Crippen molar-refractivity contribution in [2.45, 2.75) is 6.18 Å². The van der Waals surface area contributed by atoms with E-state index in [2.05, 4.69) is 5.32 Å². The number of hydrogen-bond donors (Lipinski definition) is 1. The number of nitrogens with one attached hydrogen (secondary N) is 1. The van der Waals surface area contributed by atoms with Crippen LogP contribution in [0, 0.1) is 11.3 Å². The molecule has 0 aliphatic carbocycles. The molecular weight excluding hydrogens is 289 g/mol. The first kappa shape index (κ1) is 14.1. The van der Waals surface area contributed by atoms with Crippen LogP contribution in [0.2, 0.25) is 0 Å². The van der Waals surface area contributed by atoms with Gasteiger partial charge in [0.1, 0.15) is 0 Å². The topological polar surface area (TPSA) is 52.9 Å². The van der Waals surface area contributed by atoms with E-state index in [0.29, 0.717) is 10.9 Å². The highest BCUT2D eigenvalue weighted by Crippen LogP contribution is 2.35. The fraction of sp³-hybridized carbons (Fsp3) is 0.0769. The summed E-state index contributed by atoms with van der Waals surface area (Å²) in [4.78, 5) is 12.1. The highest BCUT2D eigenvalue weighted by atomic mass is 32.1. The number of benzene rings is 1. The van der Waals surface area contributed by atoms with Crippen molar-refractivity contribution in [1.82, 2.24) is 0 Å².